The van der Waals surface area contributed by atoms with Gasteiger partial charge in [0, 0.05) is 23.9 Å². The summed E-state index contributed by atoms with van der Waals surface area (Å²) < 4.78 is 18.8. The molecule has 3 aromatic rings. The summed E-state index contributed by atoms with van der Waals surface area (Å²) in [5, 5.41) is 6.99. The molecule has 0 aliphatic rings. The molecule has 2 aromatic heterocycles. The van der Waals surface area contributed by atoms with E-state index in [0.29, 0.717) is 18.1 Å². The Morgan fingerprint density at radius 3 is 2.71 bits per heavy atom. The highest BCUT2D eigenvalue weighted by atomic mass is 19.1. The summed E-state index contributed by atoms with van der Waals surface area (Å²) in [6, 6.07) is 9.50. The van der Waals surface area contributed by atoms with E-state index >= 15 is 0 Å². The molecule has 7 heteroatoms. The summed E-state index contributed by atoms with van der Waals surface area (Å²) in [6.07, 6.45) is 3.76. The molecule has 2 heterocycles. The van der Waals surface area contributed by atoms with E-state index in [4.69, 9.17) is 4.52 Å². The van der Waals surface area contributed by atoms with Crippen LogP contribution in [0.25, 0.3) is 11.4 Å². The largest absolute Gasteiger partial charge is 0.344 e. The lowest BCUT2D eigenvalue weighted by atomic mass is 9.98. The highest BCUT2D eigenvalue weighted by molar-refractivity contribution is 5.79. The van der Waals surface area contributed by atoms with Crippen LogP contribution in [0.5, 0.6) is 0 Å². The van der Waals surface area contributed by atoms with Crippen molar-refractivity contribution in [2.45, 2.75) is 33.2 Å². The number of amides is 1. The predicted octanol–water partition coefficient (Wildman–Crippen LogP) is 3.96. The molecule has 1 amide bonds. The van der Waals surface area contributed by atoms with Gasteiger partial charge in [0.15, 0.2) is 0 Å². The van der Waals surface area contributed by atoms with Gasteiger partial charge in [-0.2, -0.15) is 4.98 Å². The molecule has 0 aliphatic carbocycles. The van der Waals surface area contributed by atoms with Crippen LogP contribution in [0.1, 0.15) is 38.3 Å². The highest BCUT2D eigenvalue weighted by Crippen LogP contribution is 2.24. The van der Waals surface area contributed by atoms with Gasteiger partial charge in [-0.15, -0.1) is 0 Å². The lowest BCUT2D eigenvalue weighted by molar-refractivity contribution is -0.125. The van der Waals surface area contributed by atoms with E-state index in [2.05, 4.69) is 20.4 Å². The zero-order valence-electron chi connectivity index (χ0n) is 16.1. The van der Waals surface area contributed by atoms with E-state index in [0.717, 1.165) is 11.1 Å². The van der Waals surface area contributed by atoms with Crippen molar-refractivity contribution in [1.29, 1.82) is 0 Å². The fraction of sp³-hybridized carbons (Fsp3) is 0.333. The molecule has 0 saturated carbocycles. The van der Waals surface area contributed by atoms with Crippen molar-refractivity contribution >= 4 is 5.91 Å². The molecule has 0 aliphatic heterocycles. The first-order valence-corrected chi connectivity index (χ1v) is 9.23. The van der Waals surface area contributed by atoms with Crippen LogP contribution in [0, 0.1) is 17.7 Å². The fourth-order valence-electron chi connectivity index (χ4n) is 2.89. The second-order valence-electron chi connectivity index (χ2n) is 7.16. The van der Waals surface area contributed by atoms with Crippen LogP contribution in [0.4, 0.5) is 4.39 Å². The molecule has 0 bridgehead atoms. The quantitative estimate of drug-likeness (QED) is 0.669. The number of hydrogen-bond donors (Lipinski definition) is 1. The number of aromatic nitrogens is 3. The van der Waals surface area contributed by atoms with E-state index in [9.17, 15) is 9.18 Å². The van der Waals surface area contributed by atoms with Crippen LogP contribution in [-0.2, 0) is 11.2 Å². The van der Waals surface area contributed by atoms with E-state index < -0.39 is 6.04 Å². The Labute approximate surface area is 163 Å². The summed E-state index contributed by atoms with van der Waals surface area (Å²) in [6.45, 7) is 5.75. The molecule has 146 valence electrons. The number of nitrogens with zero attached hydrogens (tertiary/aromatic N) is 3. The van der Waals surface area contributed by atoms with Crippen LogP contribution in [0.15, 0.2) is 53.3 Å². The van der Waals surface area contributed by atoms with Gasteiger partial charge < -0.3 is 9.84 Å². The van der Waals surface area contributed by atoms with E-state index in [-0.39, 0.29) is 23.6 Å². The third-order valence-corrected chi connectivity index (χ3v) is 4.47. The zero-order chi connectivity index (χ0) is 20.1. The number of pyridine rings is 1. The molecule has 1 N–H and O–H groups in total. The molecule has 6 nitrogen and oxygen atoms in total. The first-order valence-electron chi connectivity index (χ1n) is 9.23. The van der Waals surface area contributed by atoms with Gasteiger partial charge in [0.05, 0.1) is 0 Å². The molecule has 0 fully saturated rings. The number of rotatable bonds is 7. The van der Waals surface area contributed by atoms with Crippen LogP contribution in [0.3, 0.4) is 0 Å². The molecule has 3 rings (SSSR count). The van der Waals surface area contributed by atoms with E-state index in [1.54, 1.807) is 24.5 Å². The van der Waals surface area contributed by atoms with Crippen LogP contribution >= 0.6 is 0 Å². The summed E-state index contributed by atoms with van der Waals surface area (Å²) in [5.74, 6) is 0.0373. The van der Waals surface area contributed by atoms with Crippen LogP contribution in [-0.4, -0.2) is 21.0 Å². The minimum atomic E-state index is -0.416. The van der Waals surface area contributed by atoms with Gasteiger partial charge in [-0.25, -0.2) is 4.39 Å². The minimum absolute atomic E-state index is 0.0486. The SMILES string of the molecule is CC(Cc1cccc(F)c1)C(=O)NC(c1nc(-c2cccnc2)no1)C(C)C. The normalized spacial score (nSPS) is 13.3. The number of carbonyl (C=O) groups is 1. The Morgan fingerprint density at radius 1 is 1.21 bits per heavy atom. The fourth-order valence-corrected chi connectivity index (χ4v) is 2.89. The summed E-state index contributed by atoms with van der Waals surface area (Å²) in [4.78, 5) is 21.2. The number of halogens is 1. The van der Waals surface area contributed by atoms with E-state index in [1.165, 1.54) is 12.1 Å². The van der Waals surface area contributed by atoms with Gasteiger partial charge >= 0.3 is 0 Å². The van der Waals surface area contributed by atoms with Gasteiger partial charge in [-0.3, -0.25) is 9.78 Å². The second-order valence-corrected chi connectivity index (χ2v) is 7.16. The summed E-state index contributed by atoms with van der Waals surface area (Å²) in [5.41, 5.74) is 1.52. The molecular formula is C21H23FN4O2. The van der Waals surface area contributed by atoms with Crippen molar-refractivity contribution in [3.8, 4) is 11.4 Å². The van der Waals surface area contributed by atoms with Gasteiger partial charge in [-0.1, -0.05) is 38.1 Å². The average Bonchev–Trinajstić information content (AvgIpc) is 3.16. The van der Waals surface area contributed by atoms with Crippen LogP contribution in [0.2, 0.25) is 0 Å². The molecule has 28 heavy (non-hydrogen) atoms. The Hall–Kier alpha value is -3.09. The number of carbonyl (C=O) groups excluding carboxylic acids is 1. The lowest BCUT2D eigenvalue weighted by Crippen LogP contribution is -2.36. The first-order chi connectivity index (χ1) is 13.4. The van der Waals surface area contributed by atoms with Gasteiger partial charge in [0.2, 0.25) is 17.6 Å². The van der Waals surface area contributed by atoms with Crippen molar-refractivity contribution in [2.24, 2.45) is 11.8 Å². The number of benzene rings is 1. The Bertz CT molecular complexity index is 927. The topological polar surface area (TPSA) is 80.9 Å². The van der Waals surface area contributed by atoms with Crippen molar-refractivity contribution in [2.75, 3.05) is 0 Å². The van der Waals surface area contributed by atoms with Crippen molar-refractivity contribution < 1.29 is 13.7 Å². The monoisotopic (exact) mass is 382 g/mol. The van der Waals surface area contributed by atoms with Crippen molar-refractivity contribution in [1.82, 2.24) is 20.4 Å². The Morgan fingerprint density at radius 2 is 2.04 bits per heavy atom. The van der Waals surface area contributed by atoms with Gasteiger partial charge in [0.25, 0.3) is 0 Å². The zero-order valence-corrected chi connectivity index (χ0v) is 16.1. The Kier molecular flexibility index (Phi) is 6.13. The molecule has 0 saturated heterocycles. The lowest BCUT2D eigenvalue weighted by Gasteiger charge is -2.21. The Balaban J connectivity index is 1.70. The smallest absolute Gasteiger partial charge is 0.249 e. The standard InChI is InChI=1S/C21H23FN4O2/c1-13(2)18(21-25-19(26-28-21)16-7-5-9-23-12-16)24-20(27)14(3)10-15-6-4-8-17(22)11-15/h4-9,11-14,18H,10H2,1-3H3,(H,24,27). The molecule has 1 aromatic carbocycles. The average molecular weight is 382 g/mol. The number of hydrogen-bond acceptors (Lipinski definition) is 5. The molecule has 2 unspecified atom stereocenters. The van der Waals surface area contributed by atoms with Gasteiger partial charge in [0.1, 0.15) is 11.9 Å². The second kappa shape index (κ2) is 8.73. The maximum atomic E-state index is 13.4. The summed E-state index contributed by atoms with van der Waals surface area (Å²) >= 11 is 0. The molecule has 0 spiro atoms. The van der Waals surface area contributed by atoms with Gasteiger partial charge in [-0.05, 0) is 42.2 Å². The van der Waals surface area contributed by atoms with Crippen molar-refractivity contribution in [3.05, 3.63) is 66.1 Å². The first kappa shape index (κ1) is 19.7. The number of nitrogens with one attached hydrogen (secondary N) is 1. The molecular weight excluding hydrogens is 359 g/mol. The minimum Gasteiger partial charge on any atom is -0.344 e. The predicted molar refractivity (Wildman–Crippen MR) is 103 cm³/mol. The summed E-state index contributed by atoms with van der Waals surface area (Å²) in [7, 11) is 0. The van der Waals surface area contributed by atoms with Crippen molar-refractivity contribution in [3.63, 3.8) is 0 Å². The van der Waals surface area contributed by atoms with Crippen LogP contribution < -0.4 is 5.32 Å². The van der Waals surface area contributed by atoms with E-state index in [1.807, 2.05) is 32.9 Å². The third kappa shape index (κ3) is 4.79. The highest BCUT2D eigenvalue weighted by Gasteiger charge is 2.27. The maximum absolute atomic E-state index is 13.4. The molecule has 0 radical (unpaired) electrons. The molecule has 2 atom stereocenters. The maximum Gasteiger partial charge on any atom is 0.249 e. The third-order valence-electron chi connectivity index (χ3n) is 4.47.